The Bertz CT molecular complexity index is 728. The molecule has 0 aromatic carbocycles. The molecule has 1 amide bonds. The minimum absolute atomic E-state index is 0.114. The quantitative estimate of drug-likeness (QED) is 0.483. The lowest BCUT2D eigenvalue weighted by Gasteiger charge is -2.37. The highest BCUT2D eigenvalue weighted by Gasteiger charge is 2.49. The molecule has 7 heteroatoms. The monoisotopic (exact) mass is 428 g/mol. The lowest BCUT2D eigenvalue weighted by Crippen LogP contribution is -2.50. The van der Waals surface area contributed by atoms with Gasteiger partial charge in [0, 0.05) is 37.9 Å². The topological polar surface area (TPSA) is 96.9 Å². The van der Waals surface area contributed by atoms with Crippen molar-refractivity contribution in [3.8, 4) is 0 Å². The van der Waals surface area contributed by atoms with Crippen LogP contribution in [0.1, 0.15) is 82.7 Å². The van der Waals surface area contributed by atoms with Crippen molar-refractivity contribution in [1.82, 2.24) is 25.5 Å². The fourth-order valence-electron chi connectivity index (χ4n) is 6.11. The molecule has 2 heterocycles. The second-order valence-corrected chi connectivity index (χ2v) is 10.2. The van der Waals surface area contributed by atoms with E-state index in [1.54, 1.807) is 13.4 Å². The fraction of sp³-hybridized carbons (Fsp3) is 0.792. The number of nitrogens with one attached hydrogen (secondary N) is 4. The first kappa shape index (κ1) is 22.3. The molecule has 0 unspecified atom stereocenters. The lowest BCUT2D eigenvalue weighted by atomic mass is 9.74. The zero-order chi connectivity index (χ0) is 21.7. The van der Waals surface area contributed by atoms with Crippen LogP contribution in [0.2, 0.25) is 0 Å². The van der Waals surface area contributed by atoms with Crippen LogP contribution >= 0.6 is 0 Å². The molecule has 172 valence electrons. The number of guanidine groups is 1. The Morgan fingerprint density at radius 1 is 1.19 bits per heavy atom. The Morgan fingerprint density at radius 2 is 2.00 bits per heavy atom. The van der Waals surface area contributed by atoms with Gasteiger partial charge in [0.15, 0.2) is 5.96 Å². The maximum atomic E-state index is 13.3. The number of aromatic nitrogens is 2. The van der Waals surface area contributed by atoms with Crippen molar-refractivity contribution in [2.24, 2.45) is 11.8 Å². The number of nitrogens with zero attached hydrogens (tertiary/aromatic N) is 2. The third-order valence-corrected chi connectivity index (χ3v) is 7.91. The van der Waals surface area contributed by atoms with Crippen LogP contribution in [-0.4, -0.2) is 51.9 Å². The molecule has 7 nitrogen and oxygen atoms in total. The van der Waals surface area contributed by atoms with E-state index in [2.05, 4.69) is 20.6 Å². The Labute approximate surface area is 186 Å². The maximum Gasteiger partial charge on any atom is 0.254 e. The predicted molar refractivity (Wildman–Crippen MR) is 123 cm³/mol. The molecule has 4 N–H and O–H groups in total. The van der Waals surface area contributed by atoms with E-state index in [0.29, 0.717) is 12.0 Å². The molecule has 1 aromatic rings. The molecule has 3 atom stereocenters. The van der Waals surface area contributed by atoms with Crippen molar-refractivity contribution in [3.05, 3.63) is 18.2 Å². The van der Waals surface area contributed by atoms with Crippen LogP contribution in [0.4, 0.5) is 0 Å². The van der Waals surface area contributed by atoms with Gasteiger partial charge in [-0.15, -0.1) is 0 Å². The average molecular weight is 429 g/mol. The van der Waals surface area contributed by atoms with E-state index in [4.69, 9.17) is 5.41 Å². The standard InChI is InChI=1S/C24H40N6O/c1-30-22(31)24(29-23(30)25,12-10-18-6-3-2-4-7-18)15-19-8-5-9-20(14-19)27-13-11-21-16-26-17-28-21/h16-20,27H,2-15H2,1H3,(H2,25,29)(H,26,28)/t19-,20+,24+/m0/s1. The van der Waals surface area contributed by atoms with Crippen LogP contribution in [0, 0.1) is 17.2 Å². The number of likely N-dealkylation sites (N-methyl/N-ethyl adjacent to an activating group) is 1. The van der Waals surface area contributed by atoms with Gasteiger partial charge >= 0.3 is 0 Å². The number of rotatable bonds is 9. The summed E-state index contributed by atoms with van der Waals surface area (Å²) < 4.78 is 0. The number of aromatic amines is 1. The molecule has 1 aromatic heterocycles. The summed E-state index contributed by atoms with van der Waals surface area (Å²) in [6.07, 6.45) is 18.8. The molecule has 0 radical (unpaired) electrons. The molecule has 4 rings (SSSR count). The number of amides is 1. The molecule has 3 aliphatic rings. The molecular formula is C24H40N6O. The first-order valence-corrected chi connectivity index (χ1v) is 12.4. The van der Waals surface area contributed by atoms with Gasteiger partial charge in [0.2, 0.25) is 0 Å². The summed E-state index contributed by atoms with van der Waals surface area (Å²) in [5.41, 5.74) is 0.606. The average Bonchev–Trinajstić information content (AvgIpc) is 3.37. The van der Waals surface area contributed by atoms with E-state index in [1.165, 1.54) is 62.0 Å². The third-order valence-electron chi connectivity index (χ3n) is 7.91. The number of H-pyrrole nitrogens is 1. The van der Waals surface area contributed by atoms with E-state index >= 15 is 0 Å². The first-order valence-electron chi connectivity index (χ1n) is 12.4. The van der Waals surface area contributed by atoms with Crippen molar-refractivity contribution in [2.45, 2.75) is 95.1 Å². The van der Waals surface area contributed by atoms with Crippen LogP contribution in [0.3, 0.4) is 0 Å². The molecule has 0 spiro atoms. The molecule has 31 heavy (non-hydrogen) atoms. The van der Waals surface area contributed by atoms with Gasteiger partial charge in [0.05, 0.1) is 6.33 Å². The fourth-order valence-corrected chi connectivity index (χ4v) is 6.11. The van der Waals surface area contributed by atoms with Gasteiger partial charge in [-0.1, -0.05) is 44.9 Å². The normalized spacial score (nSPS) is 30.0. The Hall–Kier alpha value is -1.89. The molecule has 1 saturated heterocycles. The number of hydrogen-bond acceptors (Lipinski definition) is 4. The second kappa shape index (κ2) is 10.2. The van der Waals surface area contributed by atoms with Crippen LogP contribution in [-0.2, 0) is 11.2 Å². The summed E-state index contributed by atoms with van der Waals surface area (Å²) in [7, 11) is 1.75. The van der Waals surface area contributed by atoms with Crippen molar-refractivity contribution in [3.63, 3.8) is 0 Å². The Kier molecular flexibility index (Phi) is 7.31. The van der Waals surface area contributed by atoms with Gasteiger partial charge in [0.1, 0.15) is 5.54 Å². The zero-order valence-corrected chi connectivity index (χ0v) is 19.1. The van der Waals surface area contributed by atoms with E-state index in [-0.39, 0.29) is 11.9 Å². The summed E-state index contributed by atoms with van der Waals surface area (Å²) in [6, 6.07) is 0.519. The van der Waals surface area contributed by atoms with Gasteiger partial charge in [-0.25, -0.2) is 4.98 Å². The summed E-state index contributed by atoms with van der Waals surface area (Å²) in [4.78, 5) is 22.1. The van der Waals surface area contributed by atoms with Crippen molar-refractivity contribution in [1.29, 1.82) is 5.41 Å². The van der Waals surface area contributed by atoms with Crippen molar-refractivity contribution in [2.75, 3.05) is 13.6 Å². The molecule has 2 saturated carbocycles. The smallest absolute Gasteiger partial charge is 0.254 e. The summed E-state index contributed by atoms with van der Waals surface area (Å²) >= 11 is 0. The molecule has 2 aliphatic carbocycles. The van der Waals surface area contributed by atoms with Crippen molar-refractivity contribution < 1.29 is 4.79 Å². The first-order chi connectivity index (χ1) is 15.1. The molecule has 3 fully saturated rings. The SMILES string of the molecule is CN1C(=N)N[C@](CCC2CCCCC2)(C[C@H]2CCC[C@@H](NCCc3cnc[nH]3)C2)C1=O. The highest BCUT2D eigenvalue weighted by atomic mass is 16.2. The van der Waals surface area contributed by atoms with Crippen LogP contribution in [0.25, 0.3) is 0 Å². The summed E-state index contributed by atoms with van der Waals surface area (Å²) in [5.74, 6) is 1.67. The number of carbonyl (C=O) groups excluding carboxylic acids is 1. The summed E-state index contributed by atoms with van der Waals surface area (Å²) in [5, 5.41) is 15.3. The number of hydrogen-bond donors (Lipinski definition) is 4. The van der Waals surface area contributed by atoms with Crippen LogP contribution in [0.15, 0.2) is 12.5 Å². The van der Waals surface area contributed by atoms with E-state index < -0.39 is 5.54 Å². The number of carbonyl (C=O) groups is 1. The van der Waals surface area contributed by atoms with Crippen molar-refractivity contribution >= 4 is 11.9 Å². The van der Waals surface area contributed by atoms with Gasteiger partial charge in [-0.2, -0.15) is 0 Å². The zero-order valence-electron chi connectivity index (χ0n) is 19.1. The van der Waals surface area contributed by atoms with Gasteiger partial charge < -0.3 is 15.6 Å². The van der Waals surface area contributed by atoms with Crippen LogP contribution in [0.5, 0.6) is 0 Å². The van der Waals surface area contributed by atoms with Gasteiger partial charge in [0.25, 0.3) is 5.91 Å². The Morgan fingerprint density at radius 3 is 2.71 bits per heavy atom. The third kappa shape index (κ3) is 5.48. The molecular weight excluding hydrogens is 388 g/mol. The lowest BCUT2D eigenvalue weighted by molar-refractivity contribution is -0.131. The molecule has 1 aliphatic heterocycles. The minimum Gasteiger partial charge on any atom is -0.348 e. The number of imidazole rings is 1. The second-order valence-electron chi connectivity index (χ2n) is 10.2. The highest BCUT2D eigenvalue weighted by molar-refractivity contribution is 6.07. The highest BCUT2D eigenvalue weighted by Crippen LogP contribution is 2.38. The van der Waals surface area contributed by atoms with Gasteiger partial charge in [-0.05, 0) is 43.9 Å². The van der Waals surface area contributed by atoms with E-state index in [1.807, 2.05) is 6.20 Å². The van der Waals surface area contributed by atoms with E-state index in [0.717, 1.165) is 44.6 Å². The minimum atomic E-state index is -0.564. The maximum absolute atomic E-state index is 13.3. The predicted octanol–water partition coefficient (Wildman–Crippen LogP) is 3.59. The molecule has 0 bridgehead atoms. The summed E-state index contributed by atoms with van der Waals surface area (Å²) in [6.45, 7) is 0.955. The van der Waals surface area contributed by atoms with E-state index in [9.17, 15) is 4.79 Å². The van der Waals surface area contributed by atoms with Gasteiger partial charge in [-0.3, -0.25) is 15.1 Å². The largest absolute Gasteiger partial charge is 0.348 e. The Balaban J connectivity index is 1.34. The van der Waals surface area contributed by atoms with Crippen LogP contribution < -0.4 is 10.6 Å².